The van der Waals surface area contributed by atoms with Gasteiger partial charge >= 0.3 is 5.97 Å². The molecule has 2 rings (SSSR count). The van der Waals surface area contributed by atoms with E-state index in [1.54, 1.807) is 0 Å². The van der Waals surface area contributed by atoms with Crippen LogP contribution in [0.25, 0.3) is 0 Å². The second-order valence-electron chi connectivity index (χ2n) is 4.32. The van der Waals surface area contributed by atoms with Gasteiger partial charge in [0.25, 0.3) is 5.56 Å². The molecule has 0 amide bonds. The maximum atomic E-state index is 11.2. The quantitative estimate of drug-likeness (QED) is 0.797. The average Bonchev–Trinajstić information content (AvgIpc) is 2.28. The van der Waals surface area contributed by atoms with Crippen LogP contribution in [-0.4, -0.2) is 34.1 Å². The monoisotopic (exact) mass is 237 g/mol. The van der Waals surface area contributed by atoms with Gasteiger partial charge in [-0.05, 0) is 18.8 Å². The first kappa shape index (κ1) is 11.6. The summed E-state index contributed by atoms with van der Waals surface area (Å²) >= 11 is 0. The highest BCUT2D eigenvalue weighted by atomic mass is 16.4. The molecule has 1 aromatic heterocycles. The van der Waals surface area contributed by atoms with Gasteiger partial charge in [0.1, 0.15) is 5.82 Å². The molecule has 0 spiro atoms. The minimum absolute atomic E-state index is 0.141. The molecule has 6 nitrogen and oxygen atoms in total. The summed E-state index contributed by atoms with van der Waals surface area (Å²) in [4.78, 5) is 30.4. The van der Waals surface area contributed by atoms with E-state index in [4.69, 9.17) is 5.11 Å². The van der Waals surface area contributed by atoms with Crippen molar-refractivity contribution in [3.05, 3.63) is 22.7 Å². The molecule has 0 radical (unpaired) electrons. The van der Waals surface area contributed by atoms with Gasteiger partial charge in [0.15, 0.2) is 0 Å². The van der Waals surface area contributed by atoms with Gasteiger partial charge in [0.05, 0.1) is 6.33 Å². The van der Waals surface area contributed by atoms with Crippen LogP contribution in [-0.2, 0) is 4.79 Å². The second kappa shape index (κ2) is 4.99. The van der Waals surface area contributed by atoms with E-state index in [2.05, 4.69) is 9.97 Å². The Balaban J connectivity index is 2.06. The van der Waals surface area contributed by atoms with Crippen LogP contribution in [0.1, 0.15) is 19.3 Å². The van der Waals surface area contributed by atoms with Crippen molar-refractivity contribution in [3.63, 3.8) is 0 Å². The topological polar surface area (TPSA) is 86.3 Å². The minimum atomic E-state index is -0.768. The molecule has 2 N–H and O–H groups in total. The van der Waals surface area contributed by atoms with E-state index >= 15 is 0 Å². The summed E-state index contributed by atoms with van der Waals surface area (Å²) in [6, 6.07) is 1.45. The summed E-state index contributed by atoms with van der Waals surface area (Å²) < 4.78 is 0. The predicted molar refractivity (Wildman–Crippen MR) is 62.0 cm³/mol. The van der Waals surface area contributed by atoms with Crippen molar-refractivity contribution in [3.8, 4) is 0 Å². The molecule has 17 heavy (non-hydrogen) atoms. The summed E-state index contributed by atoms with van der Waals surface area (Å²) in [5.41, 5.74) is -0.185. The van der Waals surface area contributed by atoms with Gasteiger partial charge in [0.2, 0.25) is 0 Å². The van der Waals surface area contributed by atoms with Gasteiger partial charge in [-0.3, -0.25) is 9.59 Å². The predicted octanol–water partition coefficient (Wildman–Crippen LogP) is 0.461. The molecule has 0 aromatic carbocycles. The van der Waals surface area contributed by atoms with Crippen molar-refractivity contribution < 1.29 is 9.90 Å². The standard InChI is InChI=1S/C11H15N3O3/c15-10-5-9(12-7-13-10)14-3-1-2-8(6-14)4-11(16)17/h5,7-8H,1-4,6H2,(H,16,17)(H,12,13,15). The third kappa shape index (κ3) is 3.05. The molecular weight excluding hydrogens is 222 g/mol. The van der Waals surface area contributed by atoms with Crippen LogP contribution in [0.2, 0.25) is 0 Å². The van der Waals surface area contributed by atoms with Crippen molar-refractivity contribution >= 4 is 11.8 Å². The number of aliphatic carboxylic acids is 1. The molecule has 0 bridgehead atoms. The molecular formula is C11H15N3O3. The molecule has 6 heteroatoms. The number of nitrogens with one attached hydrogen (secondary N) is 1. The van der Waals surface area contributed by atoms with Gasteiger partial charge in [0, 0.05) is 25.6 Å². The Kier molecular flexibility index (Phi) is 3.41. The average molecular weight is 237 g/mol. The minimum Gasteiger partial charge on any atom is -0.481 e. The Morgan fingerprint density at radius 3 is 3.18 bits per heavy atom. The van der Waals surface area contributed by atoms with Crippen molar-refractivity contribution in [1.82, 2.24) is 9.97 Å². The zero-order chi connectivity index (χ0) is 12.3. The first-order valence-corrected chi connectivity index (χ1v) is 5.66. The number of hydrogen-bond acceptors (Lipinski definition) is 4. The van der Waals surface area contributed by atoms with Crippen LogP contribution >= 0.6 is 0 Å². The van der Waals surface area contributed by atoms with Gasteiger partial charge < -0.3 is 15.0 Å². The molecule has 0 saturated carbocycles. The van der Waals surface area contributed by atoms with Gasteiger partial charge in [-0.2, -0.15) is 0 Å². The molecule has 1 unspecified atom stereocenters. The number of carboxylic acids is 1. The molecule has 1 aliphatic rings. The molecule has 2 heterocycles. The Hall–Kier alpha value is -1.85. The third-order valence-electron chi connectivity index (χ3n) is 2.97. The van der Waals surface area contributed by atoms with Crippen LogP contribution in [0, 0.1) is 5.92 Å². The number of nitrogens with zero attached hydrogens (tertiary/aromatic N) is 2. The van der Waals surface area contributed by atoms with Crippen molar-refractivity contribution in [1.29, 1.82) is 0 Å². The summed E-state index contributed by atoms with van der Waals surface area (Å²) in [5.74, 6) is 0.00175. The van der Waals surface area contributed by atoms with E-state index in [1.165, 1.54) is 12.4 Å². The number of carboxylic acid groups (broad SMARTS) is 1. The number of rotatable bonds is 3. The van der Waals surface area contributed by atoms with Crippen LogP contribution in [0.15, 0.2) is 17.2 Å². The van der Waals surface area contributed by atoms with Gasteiger partial charge in [-0.1, -0.05) is 0 Å². The fourth-order valence-electron chi connectivity index (χ4n) is 2.22. The van der Waals surface area contributed by atoms with Gasteiger partial charge in [-0.15, -0.1) is 0 Å². The van der Waals surface area contributed by atoms with Crippen molar-refractivity contribution in [2.24, 2.45) is 5.92 Å². The van der Waals surface area contributed by atoms with E-state index in [9.17, 15) is 9.59 Å². The number of aromatic nitrogens is 2. The molecule has 92 valence electrons. The lowest BCUT2D eigenvalue weighted by atomic mass is 9.95. The molecule has 0 aliphatic carbocycles. The molecule has 1 fully saturated rings. The molecule has 1 saturated heterocycles. The molecule has 1 aliphatic heterocycles. The van der Waals surface area contributed by atoms with Gasteiger partial charge in [-0.25, -0.2) is 4.98 Å². The Morgan fingerprint density at radius 2 is 2.47 bits per heavy atom. The zero-order valence-electron chi connectivity index (χ0n) is 9.43. The van der Waals surface area contributed by atoms with E-state index in [0.717, 1.165) is 19.4 Å². The Labute approximate surface area is 98.3 Å². The highest BCUT2D eigenvalue weighted by Crippen LogP contribution is 2.22. The van der Waals surface area contributed by atoms with E-state index < -0.39 is 5.97 Å². The number of aromatic amines is 1. The fraction of sp³-hybridized carbons (Fsp3) is 0.545. The molecule has 1 aromatic rings. The van der Waals surface area contributed by atoms with Crippen LogP contribution in [0.3, 0.4) is 0 Å². The lowest BCUT2D eigenvalue weighted by molar-refractivity contribution is -0.138. The SMILES string of the molecule is O=C(O)CC1CCCN(c2cc(=O)[nH]cn2)C1. The van der Waals surface area contributed by atoms with Crippen molar-refractivity contribution in [2.75, 3.05) is 18.0 Å². The largest absolute Gasteiger partial charge is 0.481 e. The van der Waals surface area contributed by atoms with Crippen LogP contribution in [0.4, 0.5) is 5.82 Å². The second-order valence-corrected chi connectivity index (χ2v) is 4.32. The first-order chi connectivity index (χ1) is 8.15. The lowest BCUT2D eigenvalue weighted by Gasteiger charge is -2.32. The fourth-order valence-corrected chi connectivity index (χ4v) is 2.22. The van der Waals surface area contributed by atoms with E-state index in [1.807, 2.05) is 4.90 Å². The maximum absolute atomic E-state index is 11.2. The van der Waals surface area contributed by atoms with Crippen LogP contribution in [0.5, 0.6) is 0 Å². The summed E-state index contributed by atoms with van der Waals surface area (Å²) in [5, 5.41) is 8.78. The third-order valence-corrected chi connectivity index (χ3v) is 2.97. The first-order valence-electron chi connectivity index (χ1n) is 5.66. The van der Waals surface area contributed by atoms with E-state index in [-0.39, 0.29) is 17.9 Å². The summed E-state index contributed by atoms with van der Waals surface area (Å²) in [6.45, 7) is 1.48. The number of anilines is 1. The highest BCUT2D eigenvalue weighted by Gasteiger charge is 2.22. The zero-order valence-corrected chi connectivity index (χ0v) is 9.43. The number of H-pyrrole nitrogens is 1. The van der Waals surface area contributed by atoms with Crippen LogP contribution < -0.4 is 10.5 Å². The normalized spacial score (nSPS) is 20.2. The van der Waals surface area contributed by atoms with E-state index in [0.29, 0.717) is 12.4 Å². The summed E-state index contributed by atoms with van der Waals surface area (Å²) in [7, 11) is 0. The maximum Gasteiger partial charge on any atom is 0.303 e. The Morgan fingerprint density at radius 1 is 1.65 bits per heavy atom. The Bertz CT molecular complexity index is 457. The highest BCUT2D eigenvalue weighted by molar-refractivity contribution is 5.67. The smallest absolute Gasteiger partial charge is 0.303 e. The molecule has 1 atom stereocenters. The van der Waals surface area contributed by atoms with Crippen molar-refractivity contribution in [2.45, 2.75) is 19.3 Å². The number of piperidine rings is 1. The lowest BCUT2D eigenvalue weighted by Crippen LogP contribution is -2.37. The summed E-state index contributed by atoms with van der Waals surface area (Å²) in [6.07, 6.45) is 3.41. The number of carbonyl (C=O) groups is 1. The number of hydrogen-bond donors (Lipinski definition) is 2.